The van der Waals surface area contributed by atoms with Crippen LogP contribution in [0.2, 0.25) is 0 Å². The Bertz CT molecular complexity index is 606. The first-order chi connectivity index (χ1) is 9.02. The van der Waals surface area contributed by atoms with E-state index >= 15 is 0 Å². The fraction of sp³-hybridized carbons (Fsp3) is 0.286. The fourth-order valence-electron chi connectivity index (χ4n) is 1.72. The van der Waals surface area contributed by atoms with Gasteiger partial charge in [0, 0.05) is 5.39 Å². The minimum Gasteiger partial charge on any atom is -0.403 e. The highest BCUT2D eigenvalue weighted by molar-refractivity contribution is 7.47. The molecule has 2 atom stereocenters. The molecular formula is C14H17O4P. The predicted molar refractivity (Wildman–Crippen MR) is 75.2 cm³/mol. The van der Waals surface area contributed by atoms with Crippen molar-refractivity contribution in [2.45, 2.75) is 26.4 Å². The maximum atomic E-state index is 11.9. The molecule has 0 saturated carbocycles. The van der Waals surface area contributed by atoms with Gasteiger partial charge in [0.2, 0.25) is 0 Å². The molecule has 19 heavy (non-hydrogen) atoms. The first-order valence-electron chi connectivity index (χ1n) is 6.20. The summed E-state index contributed by atoms with van der Waals surface area (Å²) < 4.78 is 22.1. The van der Waals surface area contributed by atoms with Crippen LogP contribution in [0.4, 0.5) is 0 Å². The van der Waals surface area contributed by atoms with Gasteiger partial charge < -0.3 is 4.52 Å². The van der Waals surface area contributed by atoms with Gasteiger partial charge in [-0.15, -0.1) is 0 Å². The Morgan fingerprint density at radius 1 is 1.21 bits per heavy atom. The van der Waals surface area contributed by atoms with Crippen molar-refractivity contribution in [3.8, 4) is 5.75 Å². The van der Waals surface area contributed by atoms with Crippen molar-refractivity contribution in [2.24, 2.45) is 0 Å². The van der Waals surface area contributed by atoms with E-state index in [1.807, 2.05) is 37.3 Å². The Morgan fingerprint density at radius 2 is 1.89 bits per heavy atom. The van der Waals surface area contributed by atoms with Crippen LogP contribution >= 0.6 is 7.82 Å². The number of fused-ring (bicyclic) bond motifs is 1. The summed E-state index contributed by atoms with van der Waals surface area (Å²) in [6, 6.07) is 12.9. The van der Waals surface area contributed by atoms with Gasteiger partial charge in [0.1, 0.15) is 5.75 Å². The van der Waals surface area contributed by atoms with Crippen molar-refractivity contribution >= 4 is 18.6 Å². The Kier molecular flexibility index (Phi) is 4.25. The topological polar surface area (TPSA) is 55.8 Å². The zero-order valence-electron chi connectivity index (χ0n) is 10.9. The van der Waals surface area contributed by atoms with Crippen LogP contribution in [0, 0.1) is 0 Å². The van der Waals surface area contributed by atoms with Gasteiger partial charge in [-0.05, 0) is 24.8 Å². The number of phosphoric acid groups is 1. The average molecular weight is 280 g/mol. The molecule has 0 bridgehead atoms. The molecule has 1 N–H and O–H groups in total. The lowest BCUT2D eigenvalue weighted by Gasteiger charge is -2.17. The Morgan fingerprint density at radius 3 is 2.63 bits per heavy atom. The molecule has 2 aromatic carbocycles. The first-order valence-corrected chi connectivity index (χ1v) is 7.70. The van der Waals surface area contributed by atoms with Crippen LogP contribution in [-0.2, 0) is 9.09 Å². The van der Waals surface area contributed by atoms with Crippen LogP contribution in [-0.4, -0.2) is 11.0 Å². The summed E-state index contributed by atoms with van der Waals surface area (Å²) in [5.74, 6) is 0.354. The molecule has 0 fully saturated rings. The largest absolute Gasteiger partial charge is 0.527 e. The van der Waals surface area contributed by atoms with E-state index in [9.17, 15) is 9.46 Å². The van der Waals surface area contributed by atoms with Gasteiger partial charge in [-0.2, -0.15) is 0 Å². The second kappa shape index (κ2) is 5.74. The molecule has 0 radical (unpaired) electrons. The smallest absolute Gasteiger partial charge is 0.403 e. The second-order valence-corrected chi connectivity index (χ2v) is 5.69. The number of hydrogen-bond acceptors (Lipinski definition) is 3. The Balaban J connectivity index is 2.28. The van der Waals surface area contributed by atoms with E-state index in [4.69, 9.17) is 9.05 Å². The highest BCUT2D eigenvalue weighted by Crippen LogP contribution is 2.46. The molecule has 2 rings (SSSR count). The minimum absolute atomic E-state index is 0.328. The van der Waals surface area contributed by atoms with Gasteiger partial charge >= 0.3 is 7.82 Å². The predicted octanol–water partition coefficient (Wildman–Crippen LogP) is 4.13. The minimum atomic E-state index is -4.09. The third kappa shape index (κ3) is 3.57. The molecule has 2 aromatic rings. The summed E-state index contributed by atoms with van der Waals surface area (Å²) in [5.41, 5.74) is 0. The van der Waals surface area contributed by atoms with E-state index in [2.05, 4.69) is 0 Å². The van der Waals surface area contributed by atoms with E-state index < -0.39 is 7.82 Å². The SMILES string of the molecule is CCC(C)OP(=O)(O)Oc1cccc2ccccc12. The molecule has 4 nitrogen and oxygen atoms in total. The standard InChI is InChI=1S/C14H17O4P/c1-3-11(2)17-19(15,16)18-14-10-6-8-12-7-4-5-9-13(12)14/h4-11H,3H2,1-2H3,(H,15,16). The van der Waals surface area contributed by atoms with Crippen LogP contribution in [0.3, 0.4) is 0 Å². The average Bonchev–Trinajstić information content (AvgIpc) is 2.38. The summed E-state index contributed by atoms with van der Waals surface area (Å²) in [5, 5.41) is 1.73. The third-order valence-electron chi connectivity index (χ3n) is 2.85. The maximum Gasteiger partial charge on any atom is 0.527 e. The van der Waals surface area contributed by atoms with Gasteiger partial charge in [0.15, 0.2) is 0 Å². The van der Waals surface area contributed by atoms with Crippen LogP contribution in [0.1, 0.15) is 20.3 Å². The molecule has 102 valence electrons. The summed E-state index contributed by atoms with van der Waals surface area (Å²) in [4.78, 5) is 9.74. The van der Waals surface area contributed by atoms with Gasteiger partial charge in [-0.25, -0.2) is 4.57 Å². The molecule has 0 aliphatic rings. The van der Waals surface area contributed by atoms with E-state index in [1.165, 1.54) is 0 Å². The number of rotatable bonds is 5. The van der Waals surface area contributed by atoms with Crippen molar-refractivity contribution in [1.29, 1.82) is 0 Å². The highest BCUT2D eigenvalue weighted by atomic mass is 31.2. The molecule has 5 heteroatoms. The monoisotopic (exact) mass is 280 g/mol. The molecular weight excluding hydrogens is 263 g/mol. The molecule has 0 aromatic heterocycles. The van der Waals surface area contributed by atoms with Crippen molar-refractivity contribution in [1.82, 2.24) is 0 Å². The molecule has 0 spiro atoms. The van der Waals surface area contributed by atoms with Crippen LogP contribution in [0.5, 0.6) is 5.75 Å². The number of benzene rings is 2. The Hall–Kier alpha value is -1.35. The van der Waals surface area contributed by atoms with Gasteiger partial charge in [0.05, 0.1) is 6.10 Å². The van der Waals surface area contributed by atoms with E-state index in [1.54, 1.807) is 19.1 Å². The molecule has 0 aliphatic carbocycles. The number of hydrogen-bond donors (Lipinski definition) is 1. The molecule has 2 unspecified atom stereocenters. The maximum absolute atomic E-state index is 11.9. The molecule has 0 saturated heterocycles. The summed E-state index contributed by atoms with van der Waals surface area (Å²) in [6.07, 6.45) is 0.314. The van der Waals surface area contributed by atoms with Crippen molar-refractivity contribution in [2.75, 3.05) is 0 Å². The second-order valence-electron chi connectivity index (χ2n) is 4.36. The van der Waals surface area contributed by atoms with Crippen molar-refractivity contribution in [3.05, 3.63) is 42.5 Å². The third-order valence-corrected chi connectivity index (χ3v) is 3.91. The zero-order valence-corrected chi connectivity index (χ0v) is 11.8. The van der Waals surface area contributed by atoms with Crippen molar-refractivity contribution < 1.29 is 18.5 Å². The van der Waals surface area contributed by atoms with Gasteiger partial charge in [0.25, 0.3) is 0 Å². The van der Waals surface area contributed by atoms with E-state index in [-0.39, 0.29) is 6.10 Å². The summed E-state index contributed by atoms with van der Waals surface area (Å²) >= 11 is 0. The summed E-state index contributed by atoms with van der Waals surface area (Å²) in [6.45, 7) is 3.61. The van der Waals surface area contributed by atoms with Crippen LogP contribution in [0.25, 0.3) is 10.8 Å². The summed E-state index contributed by atoms with van der Waals surface area (Å²) in [7, 11) is -4.09. The van der Waals surface area contributed by atoms with Crippen LogP contribution < -0.4 is 4.52 Å². The van der Waals surface area contributed by atoms with Crippen LogP contribution in [0.15, 0.2) is 42.5 Å². The van der Waals surface area contributed by atoms with E-state index in [0.717, 1.165) is 10.8 Å². The van der Waals surface area contributed by atoms with Gasteiger partial charge in [-0.1, -0.05) is 43.3 Å². The number of phosphoric ester groups is 1. The molecule has 0 aliphatic heterocycles. The zero-order chi connectivity index (χ0) is 13.9. The van der Waals surface area contributed by atoms with E-state index in [0.29, 0.717) is 12.2 Å². The quantitative estimate of drug-likeness (QED) is 0.836. The van der Waals surface area contributed by atoms with Crippen molar-refractivity contribution in [3.63, 3.8) is 0 Å². The fourth-order valence-corrected chi connectivity index (χ4v) is 2.78. The lowest BCUT2D eigenvalue weighted by Crippen LogP contribution is -2.07. The first kappa shape index (κ1) is 14.1. The lowest BCUT2D eigenvalue weighted by molar-refractivity contribution is 0.147. The molecule has 0 amide bonds. The highest BCUT2D eigenvalue weighted by Gasteiger charge is 2.26. The normalized spacial score (nSPS) is 15.9. The molecule has 0 heterocycles. The lowest BCUT2D eigenvalue weighted by atomic mass is 10.1. The van der Waals surface area contributed by atoms with Gasteiger partial charge in [-0.3, -0.25) is 9.42 Å². The Labute approximate surface area is 112 Å².